The lowest BCUT2D eigenvalue weighted by Gasteiger charge is -2.14. The smallest absolute Gasteiger partial charge is 0.126 e. The minimum atomic E-state index is 0.0386. The van der Waals surface area contributed by atoms with Crippen molar-refractivity contribution in [2.45, 2.75) is 38.8 Å². The lowest BCUT2D eigenvalue weighted by molar-refractivity contribution is 0.562. The molecule has 0 bridgehead atoms. The van der Waals surface area contributed by atoms with Crippen molar-refractivity contribution in [3.8, 4) is 0 Å². The van der Waals surface area contributed by atoms with Crippen molar-refractivity contribution in [3.63, 3.8) is 0 Å². The summed E-state index contributed by atoms with van der Waals surface area (Å²) >= 11 is 1.84. The Hall–Kier alpha value is -1.00. The third kappa shape index (κ3) is 3.31. The molecule has 2 rings (SSSR count). The Morgan fingerprint density at radius 2 is 2.16 bits per heavy atom. The largest absolute Gasteiger partial charge is 0.327 e. The van der Waals surface area contributed by atoms with Gasteiger partial charge in [-0.25, -0.2) is 4.98 Å². The number of rotatable bonds is 7. The highest BCUT2D eigenvalue weighted by molar-refractivity contribution is 7.98. The summed E-state index contributed by atoms with van der Waals surface area (Å²) in [5.74, 6) is 2.13. The van der Waals surface area contributed by atoms with Crippen molar-refractivity contribution in [3.05, 3.63) is 30.1 Å². The molecule has 19 heavy (non-hydrogen) atoms. The van der Waals surface area contributed by atoms with Gasteiger partial charge in [0, 0.05) is 6.54 Å². The first-order chi connectivity index (χ1) is 9.27. The normalized spacial score (nSPS) is 13.0. The third-order valence-electron chi connectivity index (χ3n) is 3.38. The number of aryl methyl sites for hydroxylation is 1. The van der Waals surface area contributed by atoms with E-state index in [0.717, 1.165) is 30.1 Å². The van der Waals surface area contributed by atoms with Crippen LogP contribution in [-0.4, -0.2) is 21.6 Å². The monoisotopic (exact) mass is 277 g/mol. The van der Waals surface area contributed by atoms with Crippen LogP contribution in [0.4, 0.5) is 0 Å². The van der Waals surface area contributed by atoms with Crippen LogP contribution < -0.4 is 5.73 Å². The fourth-order valence-corrected chi connectivity index (χ4v) is 2.79. The lowest BCUT2D eigenvalue weighted by atomic mass is 10.2. The summed E-state index contributed by atoms with van der Waals surface area (Å²) in [5.41, 5.74) is 8.60. The number of thioether (sulfide) groups is 1. The SMILES string of the molecule is CCCCn1c(C(N)CCSC)nc2ccccc21. The molecule has 0 aliphatic carbocycles. The minimum absolute atomic E-state index is 0.0386. The van der Waals surface area contributed by atoms with Crippen LogP contribution in [0.5, 0.6) is 0 Å². The molecule has 1 aromatic carbocycles. The van der Waals surface area contributed by atoms with Crippen molar-refractivity contribution in [2.75, 3.05) is 12.0 Å². The van der Waals surface area contributed by atoms with Gasteiger partial charge in [-0.1, -0.05) is 25.5 Å². The highest BCUT2D eigenvalue weighted by atomic mass is 32.2. The average molecular weight is 277 g/mol. The van der Waals surface area contributed by atoms with E-state index >= 15 is 0 Å². The van der Waals surface area contributed by atoms with E-state index in [4.69, 9.17) is 10.7 Å². The number of hydrogen-bond acceptors (Lipinski definition) is 3. The second kappa shape index (κ2) is 6.96. The number of para-hydroxylation sites is 2. The van der Waals surface area contributed by atoms with E-state index in [2.05, 4.69) is 35.9 Å². The number of benzene rings is 1. The maximum atomic E-state index is 6.32. The summed E-state index contributed by atoms with van der Waals surface area (Å²) in [6.45, 7) is 3.23. The van der Waals surface area contributed by atoms with Crippen LogP contribution in [0, 0.1) is 0 Å². The molecule has 0 amide bonds. The molecular weight excluding hydrogens is 254 g/mol. The van der Waals surface area contributed by atoms with Crippen molar-refractivity contribution >= 4 is 22.8 Å². The number of nitrogens with two attached hydrogens (primary N) is 1. The maximum Gasteiger partial charge on any atom is 0.126 e. The number of fused-ring (bicyclic) bond motifs is 1. The van der Waals surface area contributed by atoms with Crippen LogP contribution in [0.25, 0.3) is 11.0 Å². The molecule has 104 valence electrons. The average Bonchev–Trinajstić information content (AvgIpc) is 2.81. The Balaban J connectivity index is 2.34. The Kier molecular flexibility index (Phi) is 5.28. The predicted octanol–water partition coefficient (Wildman–Crippen LogP) is 3.59. The van der Waals surface area contributed by atoms with Crippen LogP contribution in [0.2, 0.25) is 0 Å². The van der Waals surface area contributed by atoms with Crippen molar-refractivity contribution in [1.29, 1.82) is 0 Å². The van der Waals surface area contributed by atoms with Crippen molar-refractivity contribution in [2.24, 2.45) is 5.73 Å². The van der Waals surface area contributed by atoms with Crippen molar-refractivity contribution < 1.29 is 0 Å². The van der Waals surface area contributed by atoms with Crippen LogP contribution in [0.3, 0.4) is 0 Å². The molecule has 0 aliphatic rings. The Labute approximate surface area is 119 Å². The molecule has 0 spiro atoms. The first-order valence-electron chi connectivity index (χ1n) is 6.97. The molecule has 0 saturated carbocycles. The third-order valence-corrected chi connectivity index (χ3v) is 4.03. The van der Waals surface area contributed by atoms with Gasteiger partial charge in [-0.2, -0.15) is 11.8 Å². The zero-order chi connectivity index (χ0) is 13.7. The molecule has 0 saturated heterocycles. The van der Waals surface area contributed by atoms with E-state index in [1.165, 1.54) is 18.4 Å². The molecular formula is C15H23N3S. The van der Waals surface area contributed by atoms with E-state index in [0.29, 0.717) is 0 Å². The van der Waals surface area contributed by atoms with Gasteiger partial charge in [-0.05, 0) is 37.0 Å². The van der Waals surface area contributed by atoms with E-state index in [1.807, 2.05) is 17.8 Å². The van der Waals surface area contributed by atoms with Gasteiger partial charge < -0.3 is 10.3 Å². The summed E-state index contributed by atoms with van der Waals surface area (Å²) in [5, 5.41) is 0. The molecule has 2 aromatic rings. The molecule has 2 N–H and O–H groups in total. The van der Waals surface area contributed by atoms with Gasteiger partial charge in [0.15, 0.2) is 0 Å². The molecule has 1 atom stereocenters. The number of unbranched alkanes of at least 4 members (excludes halogenated alkanes) is 1. The van der Waals surface area contributed by atoms with E-state index in [-0.39, 0.29) is 6.04 Å². The molecule has 1 aromatic heterocycles. The molecule has 1 unspecified atom stereocenters. The lowest BCUT2D eigenvalue weighted by Crippen LogP contribution is -2.17. The standard InChI is InChI=1S/C15H23N3S/c1-3-4-10-18-14-8-6-5-7-13(14)17-15(18)12(16)9-11-19-2/h5-8,12H,3-4,9-11,16H2,1-2H3. The summed E-state index contributed by atoms with van der Waals surface area (Å²) < 4.78 is 2.31. The van der Waals surface area contributed by atoms with Gasteiger partial charge in [0.2, 0.25) is 0 Å². The first-order valence-corrected chi connectivity index (χ1v) is 8.37. The van der Waals surface area contributed by atoms with Crippen molar-refractivity contribution in [1.82, 2.24) is 9.55 Å². The van der Waals surface area contributed by atoms with Gasteiger partial charge >= 0.3 is 0 Å². The highest BCUT2D eigenvalue weighted by Crippen LogP contribution is 2.22. The molecule has 0 fully saturated rings. The highest BCUT2D eigenvalue weighted by Gasteiger charge is 2.16. The summed E-state index contributed by atoms with van der Waals surface area (Å²) in [6.07, 6.45) is 5.46. The summed E-state index contributed by atoms with van der Waals surface area (Å²) in [4.78, 5) is 4.75. The second-order valence-electron chi connectivity index (χ2n) is 4.85. The Bertz CT molecular complexity index is 521. The zero-order valence-corrected chi connectivity index (χ0v) is 12.6. The first kappa shape index (κ1) is 14.4. The molecule has 0 radical (unpaired) electrons. The van der Waals surface area contributed by atoms with Gasteiger partial charge in [-0.15, -0.1) is 0 Å². The Morgan fingerprint density at radius 1 is 1.37 bits per heavy atom. The molecule has 3 nitrogen and oxygen atoms in total. The van der Waals surface area contributed by atoms with Crippen LogP contribution in [-0.2, 0) is 6.54 Å². The van der Waals surface area contributed by atoms with E-state index < -0.39 is 0 Å². The fraction of sp³-hybridized carbons (Fsp3) is 0.533. The van der Waals surface area contributed by atoms with Gasteiger partial charge in [0.1, 0.15) is 5.82 Å². The number of nitrogens with zero attached hydrogens (tertiary/aromatic N) is 2. The van der Waals surface area contributed by atoms with E-state index in [1.54, 1.807) is 0 Å². The fourth-order valence-electron chi connectivity index (χ4n) is 2.30. The maximum absolute atomic E-state index is 6.32. The van der Waals surface area contributed by atoms with Crippen LogP contribution >= 0.6 is 11.8 Å². The van der Waals surface area contributed by atoms with Gasteiger partial charge in [-0.3, -0.25) is 0 Å². The quantitative estimate of drug-likeness (QED) is 0.841. The predicted molar refractivity (Wildman–Crippen MR) is 84.6 cm³/mol. The van der Waals surface area contributed by atoms with E-state index in [9.17, 15) is 0 Å². The minimum Gasteiger partial charge on any atom is -0.327 e. The molecule has 4 heteroatoms. The summed E-state index contributed by atoms with van der Waals surface area (Å²) in [6, 6.07) is 8.36. The summed E-state index contributed by atoms with van der Waals surface area (Å²) in [7, 11) is 0. The van der Waals surface area contributed by atoms with Gasteiger partial charge in [0.25, 0.3) is 0 Å². The number of aromatic nitrogens is 2. The molecule has 0 aliphatic heterocycles. The van der Waals surface area contributed by atoms with Crippen LogP contribution in [0.1, 0.15) is 38.1 Å². The number of imidazole rings is 1. The van der Waals surface area contributed by atoms with Gasteiger partial charge in [0.05, 0.1) is 17.1 Å². The number of hydrogen-bond donors (Lipinski definition) is 1. The second-order valence-corrected chi connectivity index (χ2v) is 5.84. The zero-order valence-electron chi connectivity index (χ0n) is 11.8. The molecule has 1 heterocycles. The Morgan fingerprint density at radius 3 is 2.89 bits per heavy atom. The van der Waals surface area contributed by atoms with Crippen LogP contribution in [0.15, 0.2) is 24.3 Å². The topological polar surface area (TPSA) is 43.8 Å².